The standard InChI is InChI=1S/C13H18FNO5S/c1-13(2,3)20-12(17)15-11-5-4-9(8-10(11)14)21(18,19)7-6-16/h4-5,8,16H,6-7H2,1-3H3,(H,15,17). The smallest absolute Gasteiger partial charge is 0.412 e. The maximum atomic E-state index is 13.8. The summed E-state index contributed by atoms with van der Waals surface area (Å²) in [4.78, 5) is 11.3. The first-order valence-electron chi connectivity index (χ1n) is 6.18. The number of anilines is 1. The Morgan fingerprint density at radius 3 is 2.48 bits per heavy atom. The molecule has 8 heteroatoms. The molecule has 1 aromatic carbocycles. The lowest BCUT2D eigenvalue weighted by atomic mass is 10.2. The highest BCUT2D eigenvalue weighted by Crippen LogP contribution is 2.20. The second kappa shape index (κ2) is 6.40. The quantitative estimate of drug-likeness (QED) is 0.884. The first-order valence-corrected chi connectivity index (χ1v) is 7.83. The van der Waals surface area contributed by atoms with E-state index < -0.39 is 39.7 Å². The average Bonchev–Trinajstić information content (AvgIpc) is 2.29. The highest BCUT2D eigenvalue weighted by molar-refractivity contribution is 7.91. The van der Waals surface area contributed by atoms with Crippen LogP contribution < -0.4 is 5.32 Å². The summed E-state index contributed by atoms with van der Waals surface area (Å²) in [6.07, 6.45) is -0.840. The number of nitrogens with one attached hydrogen (secondary N) is 1. The molecule has 2 N–H and O–H groups in total. The van der Waals surface area contributed by atoms with Crippen LogP contribution in [0.4, 0.5) is 14.9 Å². The van der Waals surface area contributed by atoms with Crippen molar-refractivity contribution in [2.75, 3.05) is 17.7 Å². The summed E-state index contributed by atoms with van der Waals surface area (Å²) in [5.74, 6) is -1.40. The molecule has 0 aliphatic carbocycles. The fraction of sp³-hybridized carbons (Fsp3) is 0.462. The minimum absolute atomic E-state index is 0.188. The Hall–Kier alpha value is -1.67. The number of ether oxygens (including phenoxy) is 1. The van der Waals surface area contributed by atoms with E-state index in [9.17, 15) is 17.6 Å². The van der Waals surface area contributed by atoms with Gasteiger partial charge in [0.25, 0.3) is 0 Å². The summed E-state index contributed by atoms with van der Waals surface area (Å²) < 4.78 is 42.1. The Balaban J connectivity index is 2.92. The predicted octanol–water partition coefficient (Wildman–Crippen LogP) is 1.94. The van der Waals surface area contributed by atoms with Gasteiger partial charge in [0, 0.05) is 0 Å². The Bertz CT molecular complexity index is 622. The van der Waals surface area contributed by atoms with Gasteiger partial charge in [0.1, 0.15) is 11.4 Å². The van der Waals surface area contributed by atoms with Crippen molar-refractivity contribution in [3.05, 3.63) is 24.0 Å². The van der Waals surface area contributed by atoms with E-state index in [1.54, 1.807) is 20.8 Å². The third-order valence-corrected chi connectivity index (χ3v) is 3.99. The van der Waals surface area contributed by atoms with Crippen molar-refractivity contribution in [3.8, 4) is 0 Å². The molecular weight excluding hydrogens is 301 g/mol. The van der Waals surface area contributed by atoms with Crippen LogP contribution >= 0.6 is 0 Å². The summed E-state index contributed by atoms with van der Waals surface area (Å²) >= 11 is 0. The van der Waals surface area contributed by atoms with Crippen molar-refractivity contribution >= 4 is 21.6 Å². The lowest BCUT2D eigenvalue weighted by Gasteiger charge is -2.19. The molecule has 0 atom stereocenters. The minimum atomic E-state index is -3.74. The first-order chi connectivity index (χ1) is 9.55. The zero-order chi connectivity index (χ0) is 16.3. The summed E-state index contributed by atoms with van der Waals surface area (Å²) in [5.41, 5.74) is -0.919. The zero-order valence-corrected chi connectivity index (χ0v) is 12.8. The van der Waals surface area contributed by atoms with E-state index >= 15 is 0 Å². The van der Waals surface area contributed by atoms with Crippen molar-refractivity contribution in [1.29, 1.82) is 0 Å². The van der Waals surface area contributed by atoms with Gasteiger partial charge >= 0.3 is 6.09 Å². The summed E-state index contributed by atoms with van der Waals surface area (Å²) in [6.45, 7) is 4.43. The van der Waals surface area contributed by atoms with Crippen LogP contribution in [0.5, 0.6) is 0 Å². The van der Waals surface area contributed by atoms with Gasteiger partial charge in [-0.2, -0.15) is 0 Å². The van der Waals surface area contributed by atoms with Crippen LogP contribution in [0.25, 0.3) is 0 Å². The molecule has 0 fully saturated rings. The Labute approximate surface area is 122 Å². The van der Waals surface area contributed by atoms with E-state index in [1.807, 2.05) is 0 Å². The molecule has 0 saturated heterocycles. The Kier molecular flexibility index (Phi) is 5.30. The Morgan fingerprint density at radius 1 is 1.38 bits per heavy atom. The van der Waals surface area contributed by atoms with Gasteiger partial charge in [-0.25, -0.2) is 17.6 Å². The molecule has 0 heterocycles. The SMILES string of the molecule is CC(C)(C)OC(=O)Nc1ccc(S(=O)(=O)CCO)cc1F. The number of hydrogen-bond donors (Lipinski definition) is 2. The highest BCUT2D eigenvalue weighted by atomic mass is 32.2. The fourth-order valence-electron chi connectivity index (χ4n) is 1.44. The molecule has 0 spiro atoms. The van der Waals surface area contributed by atoms with Crippen molar-refractivity contribution in [1.82, 2.24) is 0 Å². The van der Waals surface area contributed by atoms with Crippen LogP contribution in [-0.2, 0) is 14.6 Å². The molecule has 1 amide bonds. The van der Waals surface area contributed by atoms with Gasteiger partial charge in [-0.15, -0.1) is 0 Å². The van der Waals surface area contributed by atoms with Gasteiger partial charge in [-0.1, -0.05) is 0 Å². The predicted molar refractivity (Wildman–Crippen MR) is 75.4 cm³/mol. The van der Waals surface area contributed by atoms with Gasteiger partial charge in [-0.05, 0) is 39.0 Å². The van der Waals surface area contributed by atoms with Crippen molar-refractivity contribution in [2.24, 2.45) is 0 Å². The van der Waals surface area contributed by atoms with Gasteiger partial charge in [0.2, 0.25) is 0 Å². The molecule has 0 aliphatic rings. The van der Waals surface area contributed by atoms with Crippen molar-refractivity contribution < 1.29 is 27.4 Å². The number of amides is 1. The summed E-state index contributed by atoms with van der Waals surface area (Å²) in [7, 11) is -3.74. The van der Waals surface area contributed by atoms with Crippen LogP contribution in [-0.4, -0.2) is 37.6 Å². The number of benzene rings is 1. The zero-order valence-electron chi connectivity index (χ0n) is 12.0. The van der Waals surface area contributed by atoms with E-state index in [0.29, 0.717) is 0 Å². The van der Waals surface area contributed by atoms with E-state index in [0.717, 1.165) is 18.2 Å². The number of carbonyl (C=O) groups is 1. The molecule has 0 aliphatic heterocycles. The normalized spacial score (nSPS) is 12.0. The molecule has 1 aromatic rings. The van der Waals surface area contributed by atoms with Crippen molar-refractivity contribution in [3.63, 3.8) is 0 Å². The highest BCUT2D eigenvalue weighted by Gasteiger charge is 2.19. The number of hydrogen-bond acceptors (Lipinski definition) is 5. The number of sulfone groups is 1. The topological polar surface area (TPSA) is 92.7 Å². The van der Waals surface area contributed by atoms with Crippen molar-refractivity contribution in [2.45, 2.75) is 31.3 Å². The number of aliphatic hydroxyl groups is 1. The van der Waals surface area contributed by atoms with Crippen LogP contribution in [0.3, 0.4) is 0 Å². The van der Waals surface area contributed by atoms with Gasteiger partial charge in [0.05, 0.1) is 22.9 Å². The number of aliphatic hydroxyl groups excluding tert-OH is 1. The molecule has 6 nitrogen and oxygen atoms in total. The number of carbonyl (C=O) groups excluding carboxylic acids is 1. The van der Waals surface area contributed by atoms with E-state index in [4.69, 9.17) is 9.84 Å². The van der Waals surface area contributed by atoms with Crippen LogP contribution in [0.1, 0.15) is 20.8 Å². The Morgan fingerprint density at radius 2 is 2.00 bits per heavy atom. The first kappa shape index (κ1) is 17.4. The molecule has 1 rings (SSSR count). The lowest BCUT2D eigenvalue weighted by Crippen LogP contribution is -2.27. The van der Waals surface area contributed by atoms with Crippen LogP contribution in [0, 0.1) is 5.82 Å². The molecule has 118 valence electrons. The molecule has 0 unspecified atom stereocenters. The maximum Gasteiger partial charge on any atom is 0.412 e. The minimum Gasteiger partial charge on any atom is -0.444 e. The van der Waals surface area contributed by atoms with E-state index in [-0.39, 0.29) is 10.6 Å². The van der Waals surface area contributed by atoms with Gasteiger partial charge in [0.15, 0.2) is 9.84 Å². The largest absolute Gasteiger partial charge is 0.444 e. The third kappa shape index (κ3) is 5.31. The fourth-order valence-corrected chi connectivity index (χ4v) is 2.48. The molecular formula is C13H18FNO5S. The molecule has 21 heavy (non-hydrogen) atoms. The van der Waals surface area contributed by atoms with E-state index in [1.165, 1.54) is 0 Å². The van der Waals surface area contributed by atoms with E-state index in [2.05, 4.69) is 5.32 Å². The molecule has 0 bridgehead atoms. The lowest BCUT2D eigenvalue weighted by molar-refractivity contribution is 0.0635. The number of rotatable bonds is 4. The summed E-state index contributed by atoms with van der Waals surface area (Å²) in [6, 6.07) is 3.07. The molecule has 0 saturated carbocycles. The van der Waals surface area contributed by atoms with Crippen LogP contribution in [0.2, 0.25) is 0 Å². The monoisotopic (exact) mass is 319 g/mol. The van der Waals surface area contributed by atoms with Gasteiger partial charge in [-0.3, -0.25) is 5.32 Å². The second-order valence-electron chi connectivity index (χ2n) is 5.31. The third-order valence-electron chi connectivity index (χ3n) is 2.30. The van der Waals surface area contributed by atoms with Crippen LogP contribution in [0.15, 0.2) is 23.1 Å². The van der Waals surface area contributed by atoms with Gasteiger partial charge < -0.3 is 9.84 Å². The second-order valence-corrected chi connectivity index (χ2v) is 7.42. The molecule has 0 radical (unpaired) electrons. The summed E-state index contributed by atoms with van der Waals surface area (Å²) in [5, 5.41) is 10.9. The number of halogens is 1. The molecule has 0 aromatic heterocycles. The average molecular weight is 319 g/mol. The maximum absolute atomic E-state index is 13.8.